The molecule has 0 saturated carbocycles. The third-order valence-corrected chi connectivity index (χ3v) is 2.34. The quantitative estimate of drug-likeness (QED) is 0.663. The minimum atomic E-state index is 0.980. The standard InChI is InChI=1S/C13H9S/c14-10-12-8-4-5-9-13(12)11-6-2-1-3-7-11/h1-9H. The monoisotopic (exact) mass is 197 g/mol. The Morgan fingerprint density at radius 2 is 1.43 bits per heavy atom. The Bertz CT molecular complexity index is 432. The summed E-state index contributed by atoms with van der Waals surface area (Å²) in [5.41, 5.74) is 3.30. The summed E-state index contributed by atoms with van der Waals surface area (Å²) in [6.45, 7) is 0. The largest absolute Gasteiger partial charge is 0.0778 e. The molecule has 14 heavy (non-hydrogen) atoms. The SMILES string of the molecule is S=[C]c1ccccc1-c1ccccc1. The molecule has 0 aliphatic heterocycles. The summed E-state index contributed by atoms with van der Waals surface area (Å²) in [5.74, 6) is 0. The Hall–Kier alpha value is -1.47. The van der Waals surface area contributed by atoms with Crippen molar-refractivity contribution in [3.05, 3.63) is 60.2 Å². The summed E-state index contributed by atoms with van der Waals surface area (Å²) in [4.78, 5) is 0. The fraction of sp³-hybridized carbons (Fsp3) is 0. The van der Waals surface area contributed by atoms with Crippen LogP contribution >= 0.6 is 12.2 Å². The van der Waals surface area contributed by atoms with E-state index >= 15 is 0 Å². The maximum Gasteiger partial charge on any atom is 0.0642 e. The number of hydrogen-bond donors (Lipinski definition) is 0. The highest BCUT2D eigenvalue weighted by molar-refractivity contribution is 7.79. The van der Waals surface area contributed by atoms with E-state index in [1.165, 1.54) is 5.56 Å². The lowest BCUT2D eigenvalue weighted by molar-refractivity contribution is 1.61. The van der Waals surface area contributed by atoms with Crippen LogP contribution < -0.4 is 0 Å². The Balaban J connectivity index is 2.57. The van der Waals surface area contributed by atoms with E-state index in [0.717, 1.165) is 11.1 Å². The second kappa shape index (κ2) is 4.16. The van der Waals surface area contributed by atoms with E-state index in [2.05, 4.69) is 23.6 Å². The van der Waals surface area contributed by atoms with Crippen LogP contribution in [0.5, 0.6) is 0 Å². The van der Waals surface area contributed by atoms with Crippen LogP contribution in [-0.4, -0.2) is 5.37 Å². The molecular formula is C13H9S. The second-order valence-electron chi connectivity index (χ2n) is 3.01. The predicted octanol–water partition coefficient (Wildman–Crippen LogP) is 3.58. The normalized spacial score (nSPS) is 9.71. The molecule has 2 aromatic rings. The lowest BCUT2D eigenvalue weighted by Gasteiger charge is -2.03. The zero-order valence-corrected chi connectivity index (χ0v) is 8.42. The molecule has 0 aliphatic rings. The molecule has 1 radical (unpaired) electrons. The van der Waals surface area contributed by atoms with Gasteiger partial charge < -0.3 is 0 Å². The van der Waals surface area contributed by atoms with E-state index in [4.69, 9.17) is 12.2 Å². The Kier molecular flexibility index (Phi) is 2.70. The molecule has 0 bridgehead atoms. The van der Waals surface area contributed by atoms with Crippen LogP contribution in [0.15, 0.2) is 54.6 Å². The van der Waals surface area contributed by atoms with Gasteiger partial charge in [0, 0.05) is 5.56 Å². The predicted molar refractivity (Wildman–Crippen MR) is 63.6 cm³/mol. The molecule has 0 spiro atoms. The molecule has 67 valence electrons. The first-order valence-electron chi connectivity index (χ1n) is 4.44. The molecule has 0 heterocycles. The van der Waals surface area contributed by atoms with Gasteiger partial charge in [-0.05, 0) is 11.1 Å². The van der Waals surface area contributed by atoms with Crippen molar-refractivity contribution in [2.75, 3.05) is 0 Å². The first kappa shape index (κ1) is 9.10. The fourth-order valence-electron chi connectivity index (χ4n) is 1.44. The molecule has 2 aromatic carbocycles. The average Bonchev–Trinajstić information content (AvgIpc) is 2.30. The number of thiocarbonyl (C=S) groups is 1. The Morgan fingerprint density at radius 1 is 0.786 bits per heavy atom. The summed E-state index contributed by atoms with van der Waals surface area (Å²) < 4.78 is 0. The highest BCUT2D eigenvalue weighted by atomic mass is 32.1. The van der Waals surface area contributed by atoms with Crippen LogP contribution in [0.1, 0.15) is 5.56 Å². The van der Waals surface area contributed by atoms with Crippen LogP contribution in [0.2, 0.25) is 0 Å². The Labute approximate surface area is 89.2 Å². The lowest BCUT2D eigenvalue weighted by Crippen LogP contribution is -1.85. The number of benzene rings is 2. The number of hydrogen-bond acceptors (Lipinski definition) is 1. The van der Waals surface area contributed by atoms with Crippen molar-refractivity contribution in [1.29, 1.82) is 0 Å². The van der Waals surface area contributed by atoms with Crippen molar-refractivity contribution in [2.45, 2.75) is 0 Å². The molecule has 1 heteroatoms. The smallest absolute Gasteiger partial charge is 0.0642 e. The first-order valence-corrected chi connectivity index (χ1v) is 4.85. The summed E-state index contributed by atoms with van der Waals surface area (Å²) in [7, 11) is 0. The van der Waals surface area contributed by atoms with Gasteiger partial charge in [0.25, 0.3) is 0 Å². The van der Waals surface area contributed by atoms with Gasteiger partial charge >= 0.3 is 0 Å². The van der Waals surface area contributed by atoms with E-state index in [0.29, 0.717) is 0 Å². The molecular weight excluding hydrogens is 188 g/mol. The van der Waals surface area contributed by atoms with Crippen LogP contribution in [0.4, 0.5) is 0 Å². The summed E-state index contributed by atoms with van der Waals surface area (Å²) >= 11 is 4.86. The minimum absolute atomic E-state index is 0.980. The van der Waals surface area contributed by atoms with Gasteiger partial charge in [-0.1, -0.05) is 66.8 Å². The maximum atomic E-state index is 4.86. The van der Waals surface area contributed by atoms with E-state index in [-0.39, 0.29) is 0 Å². The maximum absolute atomic E-state index is 4.86. The van der Waals surface area contributed by atoms with Gasteiger partial charge in [-0.3, -0.25) is 0 Å². The third kappa shape index (κ3) is 1.73. The van der Waals surface area contributed by atoms with Gasteiger partial charge in [0.1, 0.15) is 0 Å². The van der Waals surface area contributed by atoms with Crippen molar-refractivity contribution in [3.8, 4) is 11.1 Å². The van der Waals surface area contributed by atoms with Crippen molar-refractivity contribution in [2.24, 2.45) is 0 Å². The molecule has 0 unspecified atom stereocenters. The summed E-state index contributed by atoms with van der Waals surface area (Å²) in [6, 6.07) is 18.2. The van der Waals surface area contributed by atoms with E-state index in [9.17, 15) is 0 Å². The van der Waals surface area contributed by atoms with E-state index < -0.39 is 0 Å². The molecule has 0 N–H and O–H groups in total. The lowest BCUT2D eigenvalue weighted by atomic mass is 10.0. The van der Waals surface area contributed by atoms with Crippen LogP contribution in [-0.2, 0) is 0 Å². The van der Waals surface area contributed by atoms with Crippen LogP contribution in [0.3, 0.4) is 0 Å². The fourth-order valence-corrected chi connectivity index (χ4v) is 1.62. The highest BCUT2D eigenvalue weighted by Gasteiger charge is 2.00. The topological polar surface area (TPSA) is 0 Å². The summed E-state index contributed by atoms with van der Waals surface area (Å²) in [6.07, 6.45) is 0. The van der Waals surface area contributed by atoms with Gasteiger partial charge in [-0.15, -0.1) is 0 Å². The van der Waals surface area contributed by atoms with Crippen molar-refractivity contribution < 1.29 is 0 Å². The number of rotatable bonds is 2. The zero-order valence-electron chi connectivity index (χ0n) is 7.60. The molecule has 0 saturated heterocycles. The average molecular weight is 197 g/mol. The van der Waals surface area contributed by atoms with Gasteiger partial charge in [-0.2, -0.15) is 0 Å². The molecule has 2 rings (SSSR count). The van der Waals surface area contributed by atoms with Gasteiger partial charge in [-0.25, -0.2) is 0 Å². The van der Waals surface area contributed by atoms with Crippen LogP contribution in [0, 0.1) is 0 Å². The molecule has 0 aliphatic carbocycles. The summed E-state index contributed by atoms with van der Waals surface area (Å²) in [5, 5.41) is 2.78. The van der Waals surface area contributed by atoms with E-state index in [1.807, 2.05) is 36.4 Å². The van der Waals surface area contributed by atoms with Crippen molar-refractivity contribution in [3.63, 3.8) is 0 Å². The first-order chi connectivity index (χ1) is 6.92. The van der Waals surface area contributed by atoms with Gasteiger partial charge in [0.2, 0.25) is 0 Å². The molecule has 0 amide bonds. The third-order valence-electron chi connectivity index (χ3n) is 2.12. The molecule has 0 aromatic heterocycles. The van der Waals surface area contributed by atoms with Gasteiger partial charge in [0.05, 0.1) is 5.37 Å². The van der Waals surface area contributed by atoms with Gasteiger partial charge in [0.15, 0.2) is 0 Å². The molecule has 0 atom stereocenters. The second-order valence-corrected chi connectivity index (χ2v) is 3.22. The highest BCUT2D eigenvalue weighted by Crippen LogP contribution is 2.21. The van der Waals surface area contributed by atoms with E-state index in [1.54, 1.807) is 0 Å². The Morgan fingerprint density at radius 3 is 2.14 bits per heavy atom. The minimum Gasteiger partial charge on any atom is -0.0778 e. The zero-order chi connectivity index (χ0) is 9.80. The van der Waals surface area contributed by atoms with Crippen molar-refractivity contribution in [1.82, 2.24) is 0 Å². The molecule has 0 fully saturated rings. The van der Waals surface area contributed by atoms with Crippen molar-refractivity contribution >= 4 is 17.6 Å². The molecule has 0 nitrogen and oxygen atoms in total. The van der Waals surface area contributed by atoms with Crippen LogP contribution in [0.25, 0.3) is 11.1 Å².